The average molecular weight is 294 g/mol. The molecular formula is C14H20ClN5. The molecule has 3 N–H and O–H groups in total. The van der Waals surface area contributed by atoms with Gasteiger partial charge in [-0.25, -0.2) is 0 Å². The molecule has 0 aromatic carbocycles. The Kier molecular flexibility index (Phi) is 4.75. The van der Waals surface area contributed by atoms with Crippen molar-refractivity contribution in [2.75, 3.05) is 0 Å². The molecule has 2 heterocycles. The highest BCUT2D eigenvalue weighted by Gasteiger charge is 2.20. The number of nitrogens with two attached hydrogens (primary N) is 1. The fourth-order valence-electron chi connectivity index (χ4n) is 2.33. The van der Waals surface area contributed by atoms with Crippen molar-refractivity contribution < 1.29 is 0 Å². The standard InChI is InChI=1S/C14H20ClN5/c1-4-10-13(15)12(20(3)19-10)8-11(18-16)14-9(2)6-5-7-17-14/h5-7,11,18H,4,8,16H2,1-3H3. The second-order valence-electron chi connectivity index (χ2n) is 4.81. The Balaban J connectivity index is 2.32. The van der Waals surface area contributed by atoms with Crippen LogP contribution >= 0.6 is 11.6 Å². The van der Waals surface area contributed by atoms with Crippen molar-refractivity contribution in [1.29, 1.82) is 0 Å². The van der Waals surface area contributed by atoms with Crippen molar-refractivity contribution in [3.05, 3.63) is 46.0 Å². The van der Waals surface area contributed by atoms with Crippen LogP contribution in [0, 0.1) is 6.92 Å². The maximum Gasteiger partial charge on any atom is 0.0850 e. The van der Waals surface area contributed by atoms with Crippen LogP contribution in [0.1, 0.15) is 35.6 Å². The second-order valence-corrected chi connectivity index (χ2v) is 5.19. The summed E-state index contributed by atoms with van der Waals surface area (Å²) in [6.07, 6.45) is 3.24. The SMILES string of the molecule is CCc1nn(C)c(CC(NN)c2ncccc2C)c1Cl. The molecule has 0 aliphatic carbocycles. The summed E-state index contributed by atoms with van der Waals surface area (Å²) in [6, 6.07) is 3.85. The largest absolute Gasteiger partial charge is 0.271 e. The lowest BCUT2D eigenvalue weighted by atomic mass is 10.0. The number of aryl methyl sites for hydroxylation is 3. The number of hydrazine groups is 1. The van der Waals surface area contributed by atoms with Gasteiger partial charge in [-0.3, -0.25) is 20.9 Å². The molecule has 0 saturated carbocycles. The predicted octanol–water partition coefficient (Wildman–Crippen LogP) is 2.09. The van der Waals surface area contributed by atoms with Crippen LogP contribution in [-0.2, 0) is 19.9 Å². The lowest BCUT2D eigenvalue weighted by Gasteiger charge is -2.17. The summed E-state index contributed by atoms with van der Waals surface area (Å²) in [6.45, 7) is 4.06. The summed E-state index contributed by atoms with van der Waals surface area (Å²) in [5, 5.41) is 5.15. The smallest absolute Gasteiger partial charge is 0.0850 e. The zero-order valence-corrected chi connectivity index (χ0v) is 12.8. The van der Waals surface area contributed by atoms with E-state index in [1.807, 2.05) is 37.7 Å². The van der Waals surface area contributed by atoms with E-state index in [9.17, 15) is 0 Å². The fourth-order valence-corrected chi connectivity index (χ4v) is 2.70. The maximum absolute atomic E-state index is 6.39. The van der Waals surface area contributed by atoms with Crippen LogP contribution in [-0.4, -0.2) is 14.8 Å². The average Bonchev–Trinajstić information content (AvgIpc) is 2.72. The summed E-state index contributed by atoms with van der Waals surface area (Å²) in [4.78, 5) is 4.42. The highest BCUT2D eigenvalue weighted by atomic mass is 35.5. The third kappa shape index (κ3) is 2.85. The molecule has 0 amide bonds. The molecule has 0 spiro atoms. The number of halogens is 1. The van der Waals surface area contributed by atoms with E-state index in [2.05, 4.69) is 15.5 Å². The molecule has 20 heavy (non-hydrogen) atoms. The van der Waals surface area contributed by atoms with E-state index in [1.54, 1.807) is 6.20 Å². The van der Waals surface area contributed by atoms with Gasteiger partial charge < -0.3 is 0 Å². The van der Waals surface area contributed by atoms with Gasteiger partial charge in [-0.05, 0) is 25.0 Å². The molecule has 6 heteroatoms. The number of nitrogens with one attached hydrogen (secondary N) is 1. The molecule has 2 aromatic heterocycles. The Bertz CT molecular complexity index is 593. The fraction of sp³-hybridized carbons (Fsp3) is 0.429. The number of pyridine rings is 1. The number of nitrogens with zero attached hydrogens (tertiary/aromatic N) is 3. The zero-order valence-electron chi connectivity index (χ0n) is 12.0. The zero-order chi connectivity index (χ0) is 14.7. The summed E-state index contributed by atoms with van der Waals surface area (Å²) in [5.74, 6) is 5.70. The van der Waals surface area contributed by atoms with E-state index in [0.29, 0.717) is 6.42 Å². The quantitative estimate of drug-likeness (QED) is 0.654. The van der Waals surface area contributed by atoms with E-state index in [-0.39, 0.29) is 6.04 Å². The third-order valence-corrected chi connectivity index (χ3v) is 3.92. The lowest BCUT2D eigenvalue weighted by molar-refractivity contribution is 0.516. The number of hydrogen-bond donors (Lipinski definition) is 2. The Morgan fingerprint density at radius 2 is 2.25 bits per heavy atom. The number of rotatable bonds is 5. The van der Waals surface area contributed by atoms with Gasteiger partial charge in [-0.2, -0.15) is 5.10 Å². The minimum absolute atomic E-state index is 0.0891. The van der Waals surface area contributed by atoms with Crippen molar-refractivity contribution in [2.45, 2.75) is 32.7 Å². The van der Waals surface area contributed by atoms with E-state index in [0.717, 1.165) is 34.1 Å². The van der Waals surface area contributed by atoms with Gasteiger partial charge in [-0.1, -0.05) is 24.6 Å². The normalized spacial score (nSPS) is 12.7. The van der Waals surface area contributed by atoms with E-state index >= 15 is 0 Å². The molecule has 108 valence electrons. The first-order chi connectivity index (χ1) is 9.58. The number of aromatic nitrogens is 3. The van der Waals surface area contributed by atoms with Crippen molar-refractivity contribution in [3.8, 4) is 0 Å². The highest BCUT2D eigenvalue weighted by Crippen LogP contribution is 2.26. The van der Waals surface area contributed by atoms with Crippen molar-refractivity contribution in [1.82, 2.24) is 20.2 Å². The monoisotopic (exact) mass is 293 g/mol. The second kappa shape index (κ2) is 6.35. The van der Waals surface area contributed by atoms with E-state index in [1.165, 1.54) is 0 Å². The van der Waals surface area contributed by atoms with Crippen LogP contribution in [0.15, 0.2) is 18.3 Å². The van der Waals surface area contributed by atoms with Gasteiger partial charge in [-0.15, -0.1) is 0 Å². The molecule has 1 atom stereocenters. The van der Waals surface area contributed by atoms with Gasteiger partial charge in [0.05, 0.1) is 28.1 Å². The molecule has 0 aliphatic heterocycles. The van der Waals surface area contributed by atoms with Gasteiger partial charge in [0, 0.05) is 19.7 Å². The van der Waals surface area contributed by atoms with Crippen molar-refractivity contribution in [2.24, 2.45) is 12.9 Å². The molecule has 5 nitrogen and oxygen atoms in total. The van der Waals surface area contributed by atoms with Crippen LogP contribution in [0.2, 0.25) is 5.02 Å². The van der Waals surface area contributed by atoms with Gasteiger partial charge in [0.25, 0.3) is 0 Å². The van der Waals surface area contributed by atoms with Crippen LogP contribution in [0.4, 0.5) is 0 Å². The molecule has 2 aromatic rings. The summed E-state index contributed by atoms with van der Waals surface area (Å²) in [7, 11) is 1.90. The molecule has 1 unspecified atom stereocenters. The first-order valence-electron chi connectivity index (χ1n) is 6.66. The minimum Gasteiger partial charge on any atom is -0.271 e. The Morgan fingerprint density at radius 1 is 1.50 bits per heavy atom. The minimum atomic E-state index is -0.0891. The molecule has 0 saturated heterocycles. The van der Waals surface area contributed by atoms with Crippen LogP contribution < -0.4 is 11.3 Å². The Labute approximate surface area is 124 Å². The molecule has 0 radical (unpaired) electrons. The molecular weight excluding hydrogens is 274 g/mol. The molecule has 0 fully saturated rings. The Morgan fingerprint density at radius 3 is 2.80 bits per heavy atom. The number of hydrogen-bond acceptors (Lipinski definition) is 4. The van der Waals surface area contributed by atoms with Crippen LogP contribution in [0.3, 0.4) is 0 Å². The van der Waals surface area contributed by atoms with Crippen molar-refractivity contribution in [3.63, 3.8) is 0 Å². The third-order valence-electron chi connectivity index (χ3n) is 3.48. The summed E-state index contributed by atoms with van der Waals surface area (Å²) in [5.41, 5.74) is 6.75. The molecule has 0 aliphatic rings. The molecule has 0 bridgehead atoms. The summed E-state index contributed by atoms with van der Waals surface area (Å²) >= 11 is 6.39. The van der Waals surface area contributed by atoms with E-state index < -0.39 is 0 Å². The van der Waals surface area contributed by atoms with Crippen LogP contribution in [0.25, 0.3) is 0 Å². The first-order valence-corrected chi connectivity index (χ1v) is 7.04. The topological polar surface area (TPSA) is 68.8 Å². The first kappa shape index (κ1) is 15.0. The predicted molar refractivity (Wildman–Crippen MR) is 80.3 cm³/mol. The van der Waals surface area contributed by atoms with Gasteiger partial charge in [0.2, 0.25) is 0 Å². The Hall–Kier alpha value is -1.43. The lowest BCUT2D eigenvalue weighted by Crippen LogP contribution is -2.31. The summed E-state index contributed by atoms with van der Waals surface area (Å²) < 4.78 is 1.82. The molecule has 2 rings (SSSR count). The van der Waals surface area contributed by atoms with Gasteiger partial charge >= 0.3 is 0 Å². The van der Waals surface area contributed by atoms with Gasteiger partial charge in [0.1, 0.15) is 0 Å². The van der Waals surface area contributed by atoms with Crippen LogP contribution in [0.5, 0.6) is 0 Å². The maximum atomic E-state index is 6.39. The van der Waals surface area contributed by atoms with E-state index in [4.69, 9.17) is 17.4 Å². The van der Waals surface area contributed by atoms with Crippen molar-refractivity contribution >= 4 is 11.6 Å². The highest BCUT2D eigenvalue weighted by molar-refractivity contribution is 6.31. The van der Waals surface area contributed by atoms with Gasteiger partial charge in [0.15, 0.2) is 0 Å².